The molecule has 0 N–H and O–H groups in total. The smallest absolute Gasteiger partial charge is 0.280 e. The third-order valence-electron chi connectivity index (χ3n) is 4.16. The van der Waals surface area contributed by atoms with Crippen LogP contribution in [0, 0.1) is 20.8 Å². The molecule has 0 unspecified atom stereocenters. The van der Waals surface area contributed by atoms with Crippen molar-refractivity contribution < 1.29 is 4.52 Å². The summed E-state index contributed by atoms with van der Waals surface area (Å²) in [6.07, 6.45) is 0. The maximum absolute atomic E-state index is 5.44. The number of benzene rings is 2. The van der Waals surface area contributed by atoms with Crippen LogP contribution in [-0.2, 0) is 0 Å². The van der Waals surface area contributed by atoms with Gasteiger partial charge in [0.25, 0.3) is 5.89 Å². The highest BCUT2D eigenvalue weighted by atomic mass is 16.5. The summed E-state index contributed by atoms with van der Waals surface area (Å²) in [5.41, 5.74) is 5.60. The first-order valence-electron chi connectivity index (χ1n) is 8.03. The average Bonchev–Trinajstić information content (AvgIpc) is 3.22. The lowest BCUT2D eigenvalue weighted by Crippen LogP contribution is -1.99. The Balaban J connectivity index is 1.74. The van der Waals surface area contributed by atoms with Crippen molar-refractivity contribution in [2.75, 3.05) is 0 Å². The number of rotatable bonds is 3. The Bertz CT molecular complexity index is 1050. The fourth-order valence-corrected chi connectivity index (χ4v) is 2.78. The van der Waals surface area contributed by atoms with Crippen LogP contribution in [-0.4, -0.2) is 25.1 Å². The molecule has 0 spiro atoms. The molecule has 0 amide bonds. The fraction of sp³-hybridized carbons (Fsp3) is 0.158. The zero-order valence-electron chi connectivity index (χ0n) is 14.3. The SMILES string of the molecule is Cc1cccc(-n2nnc(-c3nc(-c4ccccc4C)no3)c2C)c1. The van der Waals surface area contributed by atoms with Crippen molar-refractivity contribution in [3.63, 3.8) is 0 Å². The van der Waals surface area contributed by atoms with Gasteiger partial charge in [-0.25, -0.2) is 4.68 Å². The van der Waals surface area contributed by atoms with Crippen molar-refractivity contribution in [2.45, 2.75) is 20.8 Å². The molecule has 2 aromatic heterocycles. The predicted octanol–water partition coefficient (Wildman–Crippen LogP) is 3.91. The van der Waals surface area contributed by atoms with Crippen LogP contribution in [0.3, 0.4) is 0 Å². The van der Waals surface area contributed by atoms with Crippen LogP contribution in [0.2, 0.25) is 0 Å². The molecule has 124 valence electrons. The van der Waals surface area contributed by atoms with E-state index in [1.165, 1.54) is 0 Å². The Morgan fingerprint density at radius 1 is 0.960 bits per heavy atom. The lowest BCUT2D eigenvalue weighted by Gasteiger charge is -2.03. The van der Waals surface area contributed by atoms with Gasteiger partial charge in [-0.15, -0.1) is 5.10 Å². The molecule has 0 saturated heterocycles. The molecule has 25 heavy (non-hydrogen) atoms. The summed E-state index contributed by atoms with van der Waals surface area (Å²) >= 11 is 0. The Labute approximate surface area is 145 Å². The van der Waals surface area contributed by atoms with Gasteiger partial charge < -0.3 is 4.52 Å². The van der Waals surface area contributed by atoms with Gasteiger partial charge in [-0.1, -0.05) is 46.8 Å². The maximum atomic E-state index is 5.44. The second-order valence-corrected chi connectivity index (χ2v) is 6.01. The van der Waals surface area contributed by atoms with Gasteiger partial charge in [0, 0.05) is 5.56 Å². The average molecular weight is 331 g/mol. The minimum absolute atomic E-state index is 0.370. The molecule has 2 aromatic carbocycles. The Morgan fingerprint density at radius 2 is 1.80 bits per heavy atom. The summed E-state index contributed by atoms with van der Waals surface area (Å²) in [7, 11) is 0. The molecule has 0 aliphatic heterocycles. The van der Waals surface area contributed by atoms with E-state index in [0.29, 0.717) is 17.4 Å². The third-order valence-corrected chi connectivity index (χ3v) is 4.16. The van der Waals surface area contributed by atoms with E-state index in [0.717, 1.165) is 28.1 Å². The molecule has 0 bridgehead atoms. The molecule has 4 aromatic rings. The van der Waals surface area contributed by atoms with Gasteiger partial charge in [-0.3, -0.25) is 0 Å². The highest BCUT2D eigenvalue weighted by molar-refractivity contribution is 5.62. The van der Waals surface area contributed by atoms with Crippen LogP contribution < -0.4 is 0 Å². The zero-order valence-corrected chi connectivity index (χ0v) is 14.3. The second kappa shape index (κ2) is 5.98. The number of hydrogen-bond acceptors (Lipinski definition) is 5. The molecule has 0 aliphatic carbocycles. The first kappa shape index (κ1) is 15.3. The molecule has 0 atom stereocenters. The van der Waals surface area contributed by atoms with Crippen LogP contribution in [0.15, 0.2) is 53.1 Å². The van der Waals surface area contributed by atoms with E-state index in [4.69, 9.17) is 4.52 Å². The van der Waals surface area contributed by atoms with Crippen molar-refractivity contribution in [2.24, 2.45) is 0 Å². The van der Waals surface area contributed by atoms with E-state index in [9.17, 15) is 0 Å². The van der Waals surface area contributed by atoms with Gasteiger partial charge in [-0.05, 0) is 44.0 Å². The summed E-state index contributed by atoms with van der Waals surface area (Å²) in [6, 6.07) is 16.0. The molecule has 4 rings (SSSR count). The van der Waals surface area contributed by atoms with Gasteiger partial charge >= 0.3 is 0 Å². The van der Waals surface area contributed by atoms with Crippen molar-refractivity contribution in [1.82, 2.24) is 25.1 Å². The molecule has 6 heteroatoms. The Hall–Kier alpha value is -3.28. The number of aromatic nitrogens is 5. The molecule has 0 saturated carbocycles. The van der Waals surface area contributed by atoms with Gasteiger partial charge in [-0.2, -0.15) is 4.98 Å². The first-order valence-corrected chi connectivity index (χ1v) is 8.03. The van der Waals surface area contributed by atoms with E-state index >= 15 is 0 Å². The maximum Gasteiger partial charge on any atom is 0.280 e. The molecular weight excluding hydrogens is 314 g/mol. The largest absolute Gasteiger partial charge is 0.332 e. The van der Waals surface area contributed by atoms with Crippen LogP contribution in [0.5, 0.6) is 0 Å². The highest BCUT2D eigenvalue weighted by Crippen LogP contribution is 2.25. The van der Waals surface area contributed by atoms with Crippen molar-refractivity contribution in [3.8, 4) is 28.7 Å². The molecule has 6 nitrogen and oxygen atoms in total. The van der Waals surface area contributed by atoms with Gasteiger partial charge in [0.1, 0.15) is 0 Å². The predicted molar refractivity (Wildman–Crippen MR) is 94.3 cm³/mol. The van der Waals surface area contributed by atoms with Crippen molar-refractivity contribution in [1.29, 1.82) is 0 Å². The fourth-order valence-electron chi connectivity index (χ4n) is 2.78. The third kappa shape index (κ3) is 2.71. The Morgan fingerprint density at radius 3 is 2.60 bits per heavy atom. The van der Waals surface area contributed by atoms with E-state index < -0.39 is 0 Å². The number of hydrogen-bond donors (Lipinski definition) is 0. The molecular formula is C19H17N5O. The quantitative estimate of drug-likeness (QED) is 0.569. The zero-order chi connectivity index (χ0) is 17.4. The lowest BCUT2D eigenvalue weighted by atomic mass is 10.1. The monoisotopic (exact) mass is 331 g/mol. The van der Waals surface area contributed by atoms with E-state index in [-0.39, 0.29) is 0 Å². The summed E-state index contributed by atoms with van der Waals surface area (Å²) in [4.78, 5) is 4.50. The first-order chi connectivity index (χ1) is 12.1. The number of nitrogens with zero attached hydrogens (tertiary/aromatic N) is 5. The summed E-state index contributed by atoms with van der Waals surface area (Å²) in [5, 5.41) is 12.6. The second-order valence-electron chi connectivity index (χ2n) is 6.01. The lowest BCUT2D eigenvalue weighted by molar-refractivity contribution is 0.430. The number of aryl methyl sites for hydroxylation is 2. The Kier molecular flexibility index (Phi) is 3.65. The summed E-state index contributed by atoms with van der Waals surface area (Å²) < 4.78 is 7.21. The van der Waals surface area contributed by atoms with E-state index in [1.54, 1.807) is 4.68 Å². The van der Waals surface area contributed by atoms with Crippen LogP contribution in [0.4, 0.5) is 0 Å². The van der Waals surface area contributed by atoms with E-state index in [2.05, 4.69) is 26.5 Å². The summed E-state index contributed by atoms with van der Waals surface area (Å²) in [6.45, 7) is 6.00. The van der Waals surface area contributed by atoms with Gasteiger partial charge in [0.15, 0.2) is 5.69 Å². The van der Waals surface area contributed by atoms with Crippen LogP contribution >= 0.6 is 0 Å². The normalized spacial score (nSPS) is 11.0. The molecule has 0 fully saturated rings. The topological polar surface area (TPSA) is 69.6 Å². The highest BCUT2D eigenvalue weighted by Gasteiger charge is 2.19. The van der Waals surface area contributed by atoms with Gasteiger partial charge in [0.05, 0.1) is 11.4 Å². The molecule has 2 heterocycles. The minimum atomic E-state index is 0.370. The van der Waals surface area contributed by atoms with Crippen molar-refractivity contribution in [3.05, 3.63) is 65.4 Å². The van der Waals surface area contributed by atoms with E-state index in [1.807, 2.05) is 63.2 Å². The van der Waals surface area contributed by atoms with Crippen LogP contribution in [0.25, 0.3) is 28.7 Å². The van der Waals surface area contributed by atoms with Crippen LogP contribution in [0.1, 0.15) is 16.8 Å². The molecule has 0 aliphatic rings. The summed E-state index contributed by atoms with van der Waals surface area (Å²) in [5.74, 6) is 0.923. The van der Waals surface area contributed by atoms with Gasteiger partial charge in [0.2, 0.25) is 5.82 Å². The van der Waals surface area contributed by atoms with Crippen molar-refractivity contribution >= 4 is 0 Å². The minimum Gasteiger partial charge on any atom is -0.332 e. The molecule has 0 radical (unpaired) electrons. The standard InChI is InChI=1S/C19H17N5O/c1-12-7-6-9-15(11-12)24-14(3)17(21-23-24)19-20-18(22-25-19)16-10-5-4-8-13(16)2/h4-11H,1-3H3.